The summed E-state index contributed by atoms with van der Waals surface area (Å²) in [4.78, 5) is 28.4. The number of carbonyl (C=O) groups excluding carboxylic acids is 2. The van der Waals surface area contributed by atoms with Crippen LogP contribution in [-0.2, 0) is 17.6 Å². The summed E-state index contributed by atoms with van der Waals surface area (Å²) in [6.07, 6.45) is 2.42. The Morgan fingerprint density at radius 1 is 1.16 bits per heavy atom. The predicted octanol–water partition coefficient (Wildman–Crippen LogP) is 3.73. The molecule has 0 radical (unpaired) electrons. The Kier molecular flexibility index (Phi) is 5.25. The standard InChI is InChI=1S/C18H17N3O3S/c1-2-12-6-3-4-7-14(12)20-16(22)10-13-11-25-18(19-13)21-17(23)15-8-5-9-24-15/h3-9,11H,2,10H2,1H3,(H,20,22)(H,19,21,23). The normalized spacial score (nSPS) is 10.4. The minimum Gasteiger partial charge on any atom is -0.459 e. The lowest BCUT2D eigenvalue weighted by atomic mass is 10.1. The van der Waals surface area contributed by atoms with Gasteiger partial charge in [-0.1, -0.05) is 25.1 Å². The Balaban J connectivity index is 1.59. The molecule has 2 aromatic heterocycles. The highest BCUT2D eigenvalue weighted by atomic mass is 32.1. The molecule has 2 amide bonds. The van der Waals surface area contributed by atoms with Gasteiger partial charge in [0, 0.05) is 11.1 Å². The van der Waals surface area contributed by atoms with Crippen molar-refractivity contribution in [3.8, 4) is 0 Å². The van der Waals surface area contributed by atoms with Crippen LogP contribution < -0.4 is 10.6 Å². The van der Waals surface area contributed by atoms with Crippen LogP contribution in [-0.4, -0.2) is 16.8 Å². The van der Waals surface area contributed by atoms with Crippen molar-refractivity contribution in [2.45, 2.75) is 19.8 Å². The van der Waals surface area contributed by atoms with E-state index in [1.165, 1.54) is 17.6 Å². The molecule has 6 nitrogen and oxygen atoms in total. The number of para-hydroxylation sites is 1. The average Bonchev–Trinajstić information content (AvgIpc) is 3.27. The van der Waals surface area contributed by atoms with E-state index in [0.717, 1.165) is 17.7 Å². The first-order valence-corrected chi connectivity index (χ1v) is 8.70. The number of benzene rings is 1. The van der Waals surface area contributed by atoms with Crippen LogP contribution in [0.4, 0.5) is 10.8 Å². The molecule has 0 spiro atoms. The third-order valence-corrected chi connectivity index (χ3v) is 4.34. The highest BCUT2D eigenvalue weighted by Gasteiger charge is 2.13. The average molecular weight is 355 g/mol. The number of hydrogen-bond acceptors (Lipinski definition) is 5. The van der Waals surface area contributed by atoms with Gasteiger partial charge >= 0.3 is 0 Å². The minimum atomic E-state index is -0.368. The summed E-state index contributed by atoms with van der Waals surface area (Å²) in [5.41, 5.74) is 2.50. The summed E-state index contributed by atoms with van der Waals surface area (Å²) in [5, 5.41) is 7.74. The molecule has 0 aliphatic heterocycles. The highest BCUT2D eigenvalue weighted by molar-refractivity contribution is 7.14. The number of nitrogens with one attached hydrogen (secondary N) is 2. The molecule has 0 saturated carbocycles. The van der Waals surface area contributed by atoms with Gasteiger partial charge in [-0.3, -0.25) is 14.9 Å². The molecular formula is C18H17N3O3S. The van der Waals surface area contributed by atoms with Gasteiger partial charge < -0.3 is 9.73 Å². The lowest BCUT2D eigenvalue weighted by Gasteiger charge is -2.08. The monoisotopic (exact) mass is 355 g/mol. The zero-order valence-electron chi connectivity index (χ0n) is 13.6. The van der Waals surface area contributed by atoms with Gasteiger partial charge in [-0.25, -0.2) is 4.98 Å². The Morgan fingerprint density at radius 3 is 2.76 bits per heavy atom. The van der Waals surface area contributed by atoms with Crippen molar-refractivity contribution in [1.29, 1.82) is 0 Å². The number of thiazole rings is 1. The number of aryl methyl sites for hydroxylation is 1. The van der Waals surface area contributed by atoms with Gasteiger partial charge in [-0.05, 0) is 30.2 Å². The first-order chi connectivity index (χ1) is 12.2. The first kappa shape index (κ1) is 16.9. The van der Waals surface area contributed by atoms with Crippen molar-refractivity contribution in [2.24, 2.45) is 0 Å². The van der Waals surface area contributed by atoms with E-state index in [9.17, 15) is 9.59 Å². The van der Waals surface area contributed by atoms with Crippen LogP contribution in [0.1, 0.15) is 28.7 Å². The van der Waals surface area contributed by atoms with Crippen molar-refractivity contribution >= 4 is 34.0 Å². The first-order valence-electron chi connectivity index (χ1n) is 7.82. The molecule has 3 aromatic rings. The maximum Gasteiger partial charge on any atom is 0.293 e. The van der Waals surface area contributed by atoms with Crippen LogP contribution in [0.25, 0.3) is 0 Å². The predicted molar refractivity (Wildman–Crippen MR) is 96.9 cm³/mol. The Morgan fingerprint density at radius 2 is 2.00 bits per heavy atom. The molecule has 1 aromatic carbocycles. The highest BCUT2D eigenvalue weighted by Crippen LogP contribution is 2.19. The van der Waals surface area contributed by atoms with E-state index >= 15 is 0 Å². The molecule has 0 atom stereocenters. The molecule has 0 unspecified atom stereocenters. The van der Waals surface area contributed by atoms with E-state index in [4.69, 9.17) is 4.42 Å². The molecule has 0 aliphatic carbocycles. The van der Waals surface area contributed by atoms with E-state index in [2.05, 4.69) is 15.6 Å². The molecule has 0 bridgehead atoms. The van der Waals surface area contributed by atoms with Crippen molar-refractivity contribution in [3.05, 3.63) is 65.1 Å². The zero-order chi connectivity index (χ0) is 17.6. The molecule has 25 heavy (non-hydrogen) atoms. The van der Waals surface area contributed by atoms with Gasteiger partial charge in [0.15, 0.2) is 10.9 Å². The molecule has 3 rings (SSSR count). The van der Waals surface area contributed by atoms with Crippen molar-refractivity contribution in [3.63, 3.8) is 0 Å². The SMILES string of the molecule is CCc1ccccc1NC(=O)Cc1csc(NC(=O)c2ccco2)n1. The van der Waals surface area contributed by atoms with Crippen molar-refractivity contribution in [1.82, 2.24) is 4.98 Å². The van der Waals surface area contributed by atoms with Gasteiger partial charge in [0.25, 0.3) is 5.91 Å². The van der Waals surface area contributed by atoms with E-state index < -0.39 is 0 Å². The fourth-order valence-corrected chi connectivity index (χ4v) is 3.03. The number of nitrogens with zero attached hydrogens (tertiary/aromatic N) is 1. The number of anilines is 2. The summed E-state index contributed by atoms with van der Waals surface area (Å²) >= 11 is 1.27. The molecule has 7 heteroatoms. The number of carbonyl (C=O) groups is 2. The van der Waals surface area contributed by atoms with Gasteiger partial charge in [-0.15, -0.1) is 11.3 Å². The van der Waals surface area contributed by atoms with Gasteiger partial charge in [-0.2, -0.15) is 0 Å². The molecule has 128 valence electrons. The summed E-state index contributed by atoms with van der Waals surface area (Å²) in [5.74, 6) is -0.298. The fourth-order valence-electron chi connectivity index (χ4n) is 2.32. The van der Waals surface area contributed by atoms with Gasteiger partial charge in [0.05, 0.1) is 18.4 Å². The van der Waals surface area contributed by atoms with Crippen LogP contribution in [0, 0.1) is 0 Å². The lowest BCUT2D eigenvalue weighted by Crippen LogP contribution is -2.16. The topological polar surface area (TPSA) is 84.2 Å². The summed E-state index contributed by atoms with van der Waals surface area (Å²) < 4.78 is 5.03. The Hall–Kier alpha value is -2.93. The van der Waals surface area contributed by atoms with E-state index in [-0.39, 0.29) is 24.0 Å². The maximum absolute atomic E-state index is 12.2. The second kappa shape index (κ2) is 7.76. The minimum absolute atomic E-state index is 0.143. The number of amides is 2. The van der Waals surface area contributed by atoms with Crippen LogP contribution in [0.2, 0.25) is 0 Å². The molecule has 0 saturated heterocycles. The van der Waals surface area contributed by atoms with Crippen molar-refractivity contribution in [2.75, 3.05) is 10.6 Å². The van der Waals surface area contributed by atoms with E-state index in [1.54, 1.807) is 17.5 Å². The van der Waals surface area contributed by atoms with E-state index in [1.807, 2.05) is 31.2 Å². The van der Waals surface area contributed by atoms with E-state index in [0.29, 0.717) is 10.8 Å². The van der Waals surface area contributed by atoms with Gasteiger partial charge in [0.2, 0.25) is 5.91 Å². The molecule has 2 heterocycles. The van der Waals surface area contributed by atoms with Crippen molar-refractivity contribution < 1.29 is 14.0 Å². The third-order valence-electron chi connectivity index (χ3n) is 3.53. The second-order valence-electron chi connectivity index (χ2n) is 5.31. The smallest absolute Gasteiger partial charge is 0.293 e. The van der Waals surface area contributed by atoms with Crippen LogP contribution in [0.5, 0.6) is 0 Å². The Bertz CT molecular complexity index is 871. The van der Waals surface area contributed by atoms with Crippen LogP contribution >= 0.6 is 11.3 Å². The number of aromatic nitrogens is 1. The molecule has 2 N–H and O–H groups in total. The third kappa shape index (κ3) is 4.33. The largest absolute Gasteiger partial charge is 0.459 e. The summed E-state index contributed by atoms with van der Waals surface area (Å²) in [7, 11) is 0. The molecular weight excluding hydrogens is 338 g/mol. The summed E-state index contributed by atoms with van der Waals surface area (Å²) in [6.45, 7) is 2.04. The molecule has 0 aliphatic rings. The quantitative estimate of drug-likeness (QED) is 0.705. The number of rotatable bonds is 6. The fraction of sp³-hybridized carbons (Fsp3) is 0.167. The number of hydrogen-bond donors (Lipinski definition) is 2. The Labute approximate surface area is 148 Å². The lowest BCUT2D eigenvalue weighted by molar-refractivity contribution is -0.115. The second-order valence-corrected chi connectivity index (χ2v) is 6.17. The number of furan rings is 1. The zero-order valence-corrected chi connectivity index (χ0v) is 14.4. The van der Waals surface area contributed by atoms with Crippen LogP contribution in [0.3, 0.4) is 0 Å². The molecule has 0 fully saturated rings. The van der Waals surface area contributed by atoms with Crippen LogP contribution in [0.15, 0.2) is 52.5 Å². The maximum atomic E-state index is 12.2. The van der Waals surface area contributed by atoms with Gasteiger partial charge in [0.1, 0.15) is 0 Å². The summed E-state index contributed by atoms with van der Waals surface area (Å²) in [6, 6.07) is 10.9.